The molecular formula is C31H30N4O4S. The molecule has 0 unspecified atom stereocenters. The van der Waals surface area contributed by atoms with Gasteiger partial charge in [0, 0.05) is 16.8 Å². The Hall–Kier alpha value is -4.76. The van der Waals surface area contributed by atoms with Crippen LogP contribution in [0, 0.1) is 6.92 Å². The molecule has 2 N–H and O–H groups in total. The van der Waals surface area contributed by atoms with E-state index in [0.717, 1.165) is 22.9 Å². The molecule has 0 saturated heterocycles. The van der Waals surface area contributed by atoms with Crippen LogP contribution in [0.1, 0.15) is 44.3 Å². The Labute approximate surface area is 234 Å². The lowest BCUT2D eigenvalue weighted by Gasteiger charge is -2.22. The number of hydrogen-bond acceptors (Lipinski definition) is 5. The molecule has 2 amide bonds. The molecule has 0 aliphatic carbocycles. The van der Waals surface area contributed by atoms with Crippen LogP contribution in [0.5, 0.6) is 0 Å². The number of hydrazone groups is 1. The predicted molar refractivity (Wildman–Crippen MR) is 159 cm³/mol. The summed E-state index contributed by atoms with van der Waals surface area (Å²) in [7, 11) is -3.55. The number of amides is 2. The van der Waals surface area contributed by atoms with E-state index in [2.05, 4.69) is 15.8 Å². The summed E-state index contributed by atoms with van der Waals surface area (Å²) in [6.45, 7) is 3.90. The van der Waals surface area contributed by atoms with E-state index in [1.807, 2.05) is 43.3 Å². The maximum absolute atomic E-state index is 12.7. The molecule has 4 rings (SSSR count). The van der Waals surface area contributed by atoms with Crippen LogP contribution < -0.4 is 15.0 Å². The highest BCUT2D eigenvalue weighted by Crippen LogP contribution is 2.22. The topological polar surface area (TPSA) is 108 Å². The van der Waals surface area contributed by atoms with Crippen LogP contribution in [-0.4, -0.2) is 32.2 Å². The predicted octanol–water partition coefficient (Wildman–Crippen LogP) is 5.37. The van der Waals surface area contributed by atoms with E-state index in [4.69, 9.17) is 0 Å². The largest absolute Gasteiger partial charge is 0.322 e. The number of sulfonamides is 1. The zero-order valence-electron chi connectivity index (χ0n) is 22.5. The number of benzene rings is 4. The average molecular weight is 555 g/mol. The molecule has 204 valence electrons. The summed E-state index contributed by atoms with van der Waals surface area (Å²) in [5.41, 5.74) is 7.67. The molecular weight excluding hydrogens is 524 g/mol. The Morgan fingerprint density at radius 1 is 0.775 bits per heavy atom. The first-order chi connectivity index (χ1) is 19.1. The van der Waals surface area contributed by atoms with E-state index in [9.17, 15) is 18.0 Å². The summed E-state index contributed by atoms with van der Waals surface area (Å²) in [5.74, 6) is -0.665. The lowest BCUT2D eigenvalue weighted by molar-refractivity contribution is 0.0954. The van der Waals surface area contributed by atoms with Crippen LogP contribution in [0.2, 0.25) is 0 Å². The first-order valence-electron chi connectivity index (χ1n) is 12.5. The monoisotopic (exact) mass is 554 g/mol. The van der Waals surface area contributed by atoms with E-state index in [1.54, 1.807) is 73.7 Å². The number of aryl methyl sites for hydroxylation is 1. The van der Waals surface area contributed by atoms with Crippen molar-refractivity contribution in [2.24, 2.45) is 5.10 Å². The SMILES string of the molecule is C/C(=N/NC(=O)c1ccc(N(Cc2ccc(C)cc2)S(C)(=O)=O)cc1)c1cccc(NC(=O)c2ccccc2)c1. The molecule has 4 aromatic rings. The van der Waals surface area contributed by atoms with Gasteiger partial charge in [0.05, 0.1) is 24.2 Å². The van der Waals surface area contributed by atoms with Crippen LogP contribution in [0.4, 0.5) is 11.4 Å². The summed E-state index contributed by atoms with van der Waals surface area (Å²) >= 11 is 0. The van der Waals surface area contributed by atoms with Gasteiger partial charge in [-0.1, -0.05) is 60.2 Å². The second-order valence-corrected chi connectivity index (χ2v) is 11.2. The first kappa shape index (κ1) is 28.3. The number of anilines is 2. The molecule has 0 spiro atoms. The number of rotatable bonds is 9. The van der Waals surface area contributed by atoms with Gasteiger partial charge in [-0.25, -0.2) is 13.8 Å². The van der Waals surface area contributed by atoms with Crippen molar-refractivity contribution in [2.45, 2.75) is 20.4 Å². The smallest absolute Gasteiger partial charge is 0.271 e. The molecule has 0 aromatic heterocycles. The van der Waals surface area contributed by atoms with E-state index < -0.39 is 15.9 Å². The van der Waals surface area contributed by atoms with Crippen LogP contribution in [-0.2, 0) is 16.6 Å². The molecule has 0 saturated carbocycles. The summed E-state index contributed by atoms with van der Waals surface area (Å²) < 4.78 is 26.3. The maximum atomic E-state index is 12.7. The van der Waals surface area contributed by atoms with Crippen molar-refractivity contribution in [3.8, 4) is 0 Å². The third-order valence-electron chi connectivity index (χ3n) is 6.16. The van der Waals surface area contributed by atoms with Crippen LogP contribution >= 0.6 is 0 Å². The molecule has 0 atom stereocenters. The van der Waals surface area contributed by atoms with Crippen molar-refractivity contribution in [3.05, 3.63) is 131 Å². The van der Waals surface area contributed by atoms with Crippen molar-refractivity contribution < 1.29 is 18.0 Å². The highest BCUT2D eigenvalue weighted by atomic mass is 32.2. The Balaban J connectivity index is 1.42. The van der Waals surface area contributed by atoms with Gasteiger partial charge in [0.2, 0.25) is 10.0 Å². The lowest BCUT2D eigenvalue weighted by Crippen LogP contribution is -2.29. The lowest BCUT2D eigenvalue weighted by atomic mass is 10.1. The number of nitrogens with zero attached hydrogens (tertiary/aromatic N) is 2. The van der Waals surface area contributed by atoms with Crippen molar-refractivity contribution in [1.82, 2.24) is 5.43 Å². The standard InChI is InChI=1S/C31H30N4O4S/c1-22-12-14-24(15-13-22)21-35(40(3,38)39)29-18-16-26(17-19-29)31(37)34-33-23(2)27-10-7-11-28(20-27)32-30(36)25-8-5-4-6-9-25/h4-20H,21H2,1-3H3,(H,32,36)(H,34,37)/b33-23-. The molecule has 0 heterocycles. The molecule has 0 aliphatic rings. The van der Waals surface area contributed by atoms with E-state index >= 15 is 0 Å². The minimum Gasteiger partial charge on any atom is -0.322 e. The minimum atomic E-state index is -3.55. The fourth-order valence-corrected chi connectivity index (χ4v) is 4.81. The molecule has 40 heavy (non-hydrogen) atoms. The maximum Gasteiger partial charge on any atom is 0.271 e. The Morgan fingerprint density at radius 2 is 1.40 bits per heavy atom. The molecule has 4 aromatic carbocycles. The van der Waals surface area contributed by atoms with Gasteiger partial charge in [-0.15, -0.1) is 0 Å². The molecule has 9 heteroatoms. The van der Waals surface area contributed by atoms with Crippen LogP contribution in [0.3, 0.4) is 0 Å². The van der Waals surface area contributed by atoms with Crippen LogP contribution in [0.25, 0.3) is 0 Å². The molecule has 0 fully saturated rings. The summed E-state index contributed by atoms with van der Waals surface area (Å²) in [5, 5.41) is 7.07. The zero-order valence-corrected chi connectivity index (χ0v) is 23.3. The highest BCUT2D eigenvalue weighted by Gasteiger charge is 2.18. The average Bonchev–Trinajstić information content (AvgIpc) is 2.95. The first-order valence-corrected chi connectivity index (χ1v) is 14.4. The minimum absolute atomic E-state index is 0.180. The fraction of sp³-hybridized carbons (Fsp3) is 0.129. The van der Waals surface area contributed by atoms with Crippen molar-refractivity contribution in [1.29, 1.82) is 0 Å². The van der Waals surface area contributed by atoms with Gasteiger partial charge in [-0.05, 0) is 73.5 Å². The Kier molecular flexibility index (Phi) is 8.76. The van der Waals surface area contributed by atoms with Crippen LogP contribution in [0.15, 0.2) is 108 Å². The fourth-order valence-electron chi connectivity index (χ4n) is 3.92. The summed E-state index contributed by atoms with van der Waals surface area (Å²) in [6, 6.07) is 30.0. The van der Waals surface area contributed by atoms with Gasteiger partial charge in [-0.2, -0.15) is 5.10 Å². The van der Waals surface area contributed by atoms with E-state index in [-0.39, 0.29) is 12.5 Å². The zero-order chi connectivity index (χ0) is 28.7. The molecule has 8 nitrogen and oxygen atoms in total. The number of carbonyl (C=O) groups excluding carboxylic acids is 2. The van der Waals surface area contributed by atoms with Gasteiger partial charge >= 0.3 is 0 Å². The quantitative estimate of drug-likeness (QED) is 0.214. The molecule has 0 radical (unpaired) electrons. The van der Waals surface area contributed by atoms with Crippen molar-refractivity contribution in [3.63, 3.8) is 0 Å². The second kappa shape index (κ2) is 12.4. The number of nitrogens with one attached hydrogen (secondary N) is 2. The Bertz CT molecular complexity index is 1630. The van der Waals surface area contributed by atoms with Gasteiger partial charge in [0.1, 0.15) is 0 Å². The van der Waals surface area contributed by atoms with Gasteiger partial charge in [-0.3, -0.25) is 13.9 Å². The molecule has 0 bridgehead atoms. The van der Waals surface area contributed by atoms with E-state index in [1.165, 1.54) is 4.31 Å². The Morgan fingerprint density at radius 3 is 2.05 bits per heavy atom. The van der Waals surface area contributed by atoms with Gasteiger partial charge < -0.3 is 5.32 Å². The number of carbonyl (C=O) groups is 2. The van der Waals surface area contributed by atoms with Crippen molar-refractivity contribution >= 4 is 38.9 Å². The highest BCUT2D eigenvalue weighted by molar-refractivity contribution is 7.92. The molecule has 0 aliphatic heterocycles. The van der Waals surface area contributed by atoms with Gasteiger partial charge in [0.15, 0.2) is 0 Å². The van der Waals surface area contributed by atoms with Crippen molar-refractivity contribution in [2.75, 3.05) is 15.9 Å². The summed E-state index contributed by atoms with van der Waals surface area (Å²) in [4.78, 5) is 25.2. The third-order valence-corrected chi connectivity index (χ3v) is 7.30. The number of hydrogen-bond donors (Lipinski definition) is 2. The third kappa shape index (κ3) is 7.42. The second-order valence-electron chi connectivity index (χ2n) is 9.34. The van der Waals surface area contributed by atoms with E-state index in [0.29, 0.717) is 28.2 Å². The normalized spacial score (nSPS) is 11.5. The summed E-state index contributed by atoms with van der Waals surface area (Å²) in [6.07, 6.45) is 1.15. The van der Waals surface area contributed by atoms with Gasteiger partial charge in [0.25, 0.3) is 11.8 Å².